The number of carbonyl (C=O) groups excluding carboxylic acids is 1. The maximum atomic E-state index is 11.3. The van der Waals surface area contributed by atoms with Crippen LogP contribution >= 0.6 is 0 Å². The summed E-state index contributed by atoms with van der Waals surface area (Å²) in [6, 6.07) is 0.343. The number of hydrogen-bond donors (Lipinski definition) is 1. The summed E-state index contributed by atoms with van der Waals surface area (Å²) in [7, 11) is 0. The second kappa shape index (κ2) is 3.24. The highest BCUT2D eigenvalue weighted by molar-refractivity contribution is 5.81. The van der Waals surface area contributed by atoms with Crippen LogP contribution < -0.4 is 5.32 Å². The van der Waals surface area contributed by atoms with E-state index in [0.29, 0.717) is 17.9 Å². The molecular weight excluding hydrogens is 138 g/mol. The highest BCUT2D eigenvalue weighted by Crippen LogP contribution is 2.37. The largest absolute Gasteiger partial charge is 0.353 e. The number of rotatable bonds is 3. The first-order chi connectivity index (χ1) is 5.15. The number of nitrogens with one attached hydrogen (secondary N) is 1. The summed E-state index contributed by atoms with van der Waals surface area (Å²) in [5.41, 5.74) is 0. The Hall–Kier alpha value is -0.530. The van der Waals surface area contributed by atoms with Crippen LogP contribution in [-0.2, 0) is 4.79 Å². The second-order valence-electron chi connectivity index (χ2n) is 3.64. The molecular formula is C9H17NO. The molecule has 0 aromatic heterocycles. The summed E-state index contributed by atoms with van der Waals surface area (Å²) in [6.07, 6.45) is 2.11. The minimum absolute atomic E-state index is 0.256. The summed E-state index contributed by atoms with van der Waals surface area (Å²) < 4.78 is 0. The summed E-state index contributed by atoms with van der Waals surface area (Å²) in [4.78, 5) is 11.3. The molecule has 1 N–H and O–H groups in total. The molecule has 0 aromatic carbocycles. The molecule has 1 rings (SSSR count). The van der Waals surface area contributed by atoms with Gasteiger partial charge in [0.1, 0.15) is 0 Å². The molecule has 0 radical (unpaired) electrons. The van der Waals surface area contributed by atoms with Crippen molar-refractivity contribution in [3.05, 3.63) is 0 Å². The Balaban J connectivity index is 2.21. The lowest BCUT2D eigenvalue weighted by atomic mass is 10.2. The van der Waals surface area contributed by atoms with Crippen molar-refractivity contribution in [2.24, 2.45) is 11.8 Å². The zero-order valence-electron chi connectivity index (χ0n) is 7.55. The normalized spacial score (nSPS) is 31.2. The molecule has 2 heteroatoms. The van der Waals surface area contributed by atoms with E-state index in [9.17, 15) is 4.79 Å². The molecule has 64 valence electrons. The lowest BCUT2D eigenvalue weighted by Crippen LogP contribution is -2.33. The van der Waals surface area contributed by atoms with E-state index >= 15 is 0 Å². The molecule has 0 bridgehead atoms. The first-order valence-electron chi connectivity index (χ1n) is 4.45. The zero-order valence-corrected chi connectivity index (χ0v) is 7.55. The van der Waals surface area contributed by atoms with Crippen molar-refractivity contribution < 1.29 is 4.79 Å². The predicted molar refractivity (Wildman–Crippen MR) is 45.2 cm³/mol. The first-order valence-corrected chi connectivity index (χ1v) is 4.45. The number of hydrogen-bond acceptors (Lipinski definition) is 1. The number of amides is 1. The smallest absolute Gasteiger partial charge is 0.223 e. The molecule has 1 fully saturated rings. The molecule has 1 amide bonds. The lowest BCUT2D eigenvalue weighted by Gasteiger charge is -2.10. The van der Waals surface area contributed by atoms with Crippen molar-refractivity contribution in [2.45, 2.75) is 39.7 Å². The van der Waals surface area contributed by atoms with E-state index in [4.69, 9.17) is 0 Å². The molecule has 1 aliphatic carbocycles. The molecule has 0 aliphatic heterocycles. The van der Waals surface area contributed by atoms with Crippen LogP contribution in [0.3, 0.4) is 0 Å². The van der Waals surface area contributed by atoms with E-state index < -0.39 is 0 Å². The van der Waals surface area contributed by atoms with E-state index in [1.54, 1.807) is 0 Å². The van der Waals surface area contributed by atoms with Gasteiger partial charge in [0.05, 0.1) is 0 Å². The van der Waals surface area contributed by atoms with Gasteiger partial charge in [-0.05, 0) is 25.7 Å². The SMILES string of the molecule is CCC(C)NC(=O)C1CC1C. The van der Waals surface area contributed by atoms with Gasteiger partial charge in [0.2, 0.25) is 5.91 Å². The Morgan fingerprint density at radius 2 is 2.27 bits per heavy atom. The van der Waals surface area contributed by atoms with Gasteiger partial charge < -0.3 is 5.32 Å². The molecule has 1 aliphatic rings. The van der Waals surface area contributed by atoms with Crippen molar-refractivity contribution in [2.75, 3.05) is 0 Å². The zero-order chi connectivity index (χ0) is 8.43. The number of carbonyl (C=O) groups is 1. The highest BCUT2D eigenvalue weighted by atomic mass is 16.2. The highest BCUT2D eigenvalue weighted by Gasteiger charge is 2.39. The van der Waals surface area contributed by atoms with Crippen LogP contribution in [0, 0.1) is 11.8 Å². The van der Waals surface area contributed by atoms with Crippen LogP contribution in [0.25, 0.3) is 0 Å². The molecule has 0 heterocycles. The van der Waals surface area contributed by atoms with Gasteiger partial charge in [0.25, 0.3) is 0 Å². The quantitative estimate of drug-likeness (QED) is 0.658. The van der Waals surface area contributed by atoms with Gasteiger partial charge in [-0.15, -0.1) is 0 Å². The average molecular weight is 155 g/mol. The van der Waals surface area contributed by atoms with Gasteiger partial charge in [0, 0.05) is 12.0 Å². The molecule has 3 unspecified atom stereocenters. The third-order valence-corrected chi connectivity index (χ3v) is 2.45. The van der Waals surface area contributed by atoms with Crippen LogP contribution in [0.5, 0.6) is 0 Å². The third-order valence-electron chi connectivity index (χ3n) is 2.45. The van der Waals surface area contributed by atoms with Crippen molar-refractivity contribution in [1.82, 2.24) is 5.32 Å². The topological polar surface area (TPSA) is 29.1 Å². The molecule has 0 saturated heterocycles. The van der Waals surface area contributed by atoms with E-state index in [-0.39, 0.29) is 5.91 Å². The van der Waals surface area contributed by atoms with Gasteiger partial charge in [-0.3, -0.25) is 4.79 Å². The van der Waals surface area contributed by atoms with E-state index in [1.807, 2.05) is 6.92 Å². The fourth-order valence-corrected chi connectivity index (χ4v) is 1.14. The molecule has 0 aromatic rings. The molecule has 3 atom stereocenters. The Morgan fingerprint density at radius 1 is 1.73 bits per heavy atom. The summed E-state index contributed by atoms with van der Waals surface area (Å²) >= 11 is 0. The Kier molecular flexibility index (Phi) is 2.53. The van der Waals surface area contributed by atoms with Gasteiger partial charge >= 0.3 is 0 Å². The molecule has 11 heavy (non-hydrogen) atoms. The predicted octanol–water partition coefficient (Wildman–Crippen LogP) is 1.56. The molecule has 1 saturated carbocycles. The van der Waals surface area contributed by atoms with Crippen LogP contribution in [0.1, 0.15) is 33.6 Å². The van der Waals surface area contributed by atoms with Crippen molar-refractivity contribution in [3.8, 4) is 0 Å². The molecule has 0 spiro atoms. The summed E-state index contributed by atoms with van der Waals surface area (Å²) in [5, 5.41) is 2.98. The van der Waals surface area contributed by atoms with Crippen LogP contribution in [0.15, 0.2) is 0 Å². The van der Waals surface area contributed by atoms with Gasteiger partial charge in [-0.2, -0.15) is 0 Å². The molecule has 2 nitrogen and oxygen atoms in total. The first kappa shape index (κ1) is 8.57. The van der Waals surface area contributed by atoms with E-state index in [1.165, 1.54) is 0 Å². The maximum absolute atomic E-state index is 11.3. The average Bonchev–Trinajstić information content (AvgIpc) is 2.66. The van der Waals surface area contributed by atoms with Crippen molar-refractivity contribution in [1.29, 1.82) is 0 Å². The fourth-order valence-electron chi connectivity index (χ4n) is 1.14. The van der Waals surface area contributed by atoms with Crippen molar-refractivity contribution in [3.63, 3.8) is 0 Å². The standard InChI is InChI=1S/C9H17NO/c1-4-7(3)10-9(11)8-5-6(8)2/h6-8H,4-5H2,1-3H3,(H,10,11). The van der Waals surface area contributed by atoms with E-state index in [2.05, 4.69) is 19.2 Å². The Labute approximate surface area is 68.4 Å². The summed E-state index contributed by atoms with van der Waals surface area (Å²) in [5.74, 6) is 1.20. The minimum atomic E-state index is 0.256. The van der Waals surface area contributed by atoms with Crippen LogP contribution in [0.4, 0.5) is 0 Å². The van der Waals surface area contributed by atoms with Gasteiger partial charge in [-0.1, -0.05) is 13.8 Å². The van der Waals surface area contributed by atoms with Gasteiger partial charge in [-0.25, -0.2) is 0 Å². The minimum Gasteiger partial charge on any atom is -0.353 e. The Bertz CT molecular complexity index is 156. The van der Waals surface area contributed by atoms with Crippen molar-refractivity contribution >= 4 is 5.91 Å². The maximum Gasteiger partial charge on any atom is 0.223 e. The van der Waals surface area contributed by atoms with Crippen LogP contribution in [-0.4, -0.2) is 11.9 Å². The monoisotopic (exact) mass is 155 g/mol. The Morgan fingerprint density at radius 3 is 2.64 bits per heavy atom. The van der Waals surface area contributed by atoms with Gasteiger partial charge in [0.15, 0.2) is 0 Å². The van der Waals surface area contributed by atoms with E-state index in [0.717, 1.165) is 12.8 Å². The second-order valence-corrected chi connectivity index (χ2v) is 3.64. The fraction of sp³-hybridized carbons (Fsp3) is 0.889. The lowest BCUT2D eigenvalue weighted by molar-refractivity contribution is -0.123. The third kappa shape index (κ3) is 2.21. The summed E-state index contributed by atoms with van der Waals surface area (Å²) in [6.45, 7) is 6.26. The van der Waals surface area contributed by atoms with Crippen LogP contribution in [0.2, 0.25) is 0 Å².